The molecule has 10 nitrogen and oxygen atoms in total. The number of carbonyl (C=O) groups is 2. The van der Waals surface area contributed by atoms with E-state index in [0.29, 0.717) is 17.0 Å². The van der Waals surface area contributed by atoms with Crippen LogP contribution >= 0.6 is 0 Å². The highest BCUT2D eigenvalue weighted by atomic mass is 16.6. The molecule has 0 saturated carbocycles. The van der Waals surface area contributed by atoms with E-state index in [0.717, 1.165) is 0 Å². The molecule has 1 aromatic heterocycles. The van der Waals surface area contributed by atoms with E-state index in [4.69, 9.17) is 14.3 Å². The van der Waals surface area contributed by atoms with Crippen molar-refractivity contribution in [1.29, 1.82) is 5.26 Å². The molecular weight excluding hydrogens is 418 g/mol. The van der Waals surface area contributed by atoms with E-state index in [2.05, 4.69) is 5.32 Å². The third kappa shape index (κ3) is 4.80. The number of aromatic carboxylic acids is 1. The zero-order chi connectivity index (χ0) is 23.3. The number of carbonyl (C=O) groups excluding carboxylic acids is 1. The summed E-state index contributed by atoms with van der Waals surface area (Å²) in [5.41, 5.74) is 0.445. The Hall–Kier alpha value is -4.91. The van der Waals surface area contributed by atoms with E-state index in [1.165, 1.54) is 61.7 Å². The molecule has 0 bridgehead atoms. The maximum Gasteiger partial charge on any atom is 0.335 e. The van der Waals surface area contributed by atoms with Crippen LogP contribution in [0.3, 0.4) is 0 Å². The van der Waals surface area contributed by atoms with Crippen LogP contribution < -0.4 is 10.1 Å². The molecule has 1 heterocycles. The highest BCUT2D eigenvalue weighted by Crippen LogP contribution is 2.34. The minimum Gasteiger partial charge on any atom is -0.496 e. The Bertz CT molecular complexity index is 1270. The largest absolute Gasteiger partial charge is 0.496 e. The molecular formula is C22H15N3O7. The fourth-order valence-electron chi connectivity index (χ4n) is 2.76. The number of nitro benzene ring substituents is 1. The van der Waals surface area contributed by atoms with Crippen LogP contribution in [0.15, 0.2) is 64.6 Å². The van der Waals surface area contributed by atoms with Gasteiger partial charge in [0.15, 0.2) is 0 Å². The number of non-ortho nitro benzene ring substituents is 1. The molecule has 0 atom stereocenters. The number of nitro groups is 1. The van der Waals surface area contributed by atoms with Gasteiger partial charge in [0.25, 0.3) is 11.6 Å². The number of nitriles is 1. The number of anilines is 1. The number of nitrogens with zero attached hydrogens (tertiary/aromatic N) is 2. The smallest absolute Gasteiger partial charge is 0.335 e. The maximum atomic E-state index is 12.4. The van der Waals surface area contributed by atoms with Crippen LogP contribution in [0, 0.1) is 21.4 Å². The standard InChI is InChI=1S/C22H15N3O7/c1-31-20-11-16(25(29)30)6-8-18(20)19-9-7-17(32-19)10-14(12-23)21(26)24-15-4-2-13(3-5-15)22(27)28/h2-11H,1H3,(H,24,26)(H,27,28)/b14-10+. The fraction of sp³-hybridized carbons (Fsp3) is 0.0455. The molecule has 160 valence electrons. The van der Waals surface area contributed by atoms with E-state index in [1.54, 1.807) is 12.1 Å². The number of hydrogen-bond acceptors (Lipinski definition) is 7. The lowest BCUT2D eigenvalue weighted by atomic mass is 10.1. The molecule has 0 unspecified atom stereocenters. The van der Waals surface area contributed by atoms with Crippen LogP contribution in [0.5, 0.6) is 5.75 Å². The van der Waals surface area contributed by atoms with Crippen molar-refractivity contribution >= 4 is 29.3 Å². The van der Waals surface area contributed by atoms with Crippen molar-refractivity contribution in [2.45, 2.75) is 0 Å². The zero-order valence-electron chi connectivity index (χ0n) is 16.6. The molecule has 0 spiro atoms. The van der Waals surface area contributed by atoms with Crippen molar-refractivity contribution < 1.29 is 28.8 Å². The molecule has 0 fully saturated rings. The van der Waals surface area contributed by atoms with Gasteiger partial charge < -0.3 is 19.6 Å². The molecule has 10 heteroatoms. The van der Waals surface area contributed by atoms with E-state index in [9.17, 15) is 25.0 Å². The third-order valence-electron chi connectivity index (χ3n) is 4.33. The van der Waals surface area contributed by atoms with Gasteiger partial charge in [-0.15, -0.1) is 0 Å². The maximum absolute atomic E-state index is 12.4. The lowest BCUT2D eigenvalue weighted by Crippen LogP contribution is -2.13. The number of amides is 1. The first-order valence-corrected chi connectivity index (χ1v) is 9.01. The molecule has 32 heavy (non-hydrogen) atoms. The summed E-state index contributed by atoms with van der Waals surface area (Å²) in [5, 5.41) is 31.7. The van der Waals surface area contributed by atoms with Gasteiger partial charge in [-0.05, 0) is 42.5 Å². The summed E-state index contributed by atoms with van der Waals surface area (Å²) in [7, 11) is 1.37. The van der Waals surface area contributed by atoms with Gasteiger partial charge in [0.05, 0.1) is 29.2 Å². The molecule has 2 N–H and O–H groups in total. The number of nitrogens with one attached hydrogen (secondary N) is 1. The Kier molecular flexibility index (Phi) is 6.31. The normalized spacial score (nSPS) is 10.8. The highest BCUT2D eigenvalue weighted by Gasteiger charge is 2.16. The number of ether oxygens (including phenoxy) is 1. The van der Waals surface area contributed by atoms with Crippen LogP contribution in [-0.4, -0.2) is 29.0 Å². The van der Waals surface area contributed by atoms with Crippen molar-refractivity contribution in [2.24, 2.45) is 0 Å². The summed E-state index contributed by atoms with van der Waals surface area (Å²) < 4.78 is 10.9. The monoisotopic (exact) mass is 433 g/mol. The number of benzene rings is 2. The first-order valence-electron chi connectivity index (χ1n) is 9.01. The van der Waals surface area contributed by atoms with Crippen molar-refractivity contribution in [1.82, 2.24) is 0 Å². The van der Waals surface area contributed by atoms with E-state index in [1.807, 2.05) is 0 Å². The molecule has 0 aliphatic rings. The minimum absolute atomic E-state index is 0.0591. The lowest BCUT2D eigenvalue weighted by molar-refractivity contribution is -0.384. The van der Waals surface area contributed by atoms with Crippen molar-refractivity contribution in [3.05, 3.63) is 81.6 Å². The van der Waals surface area contributed by atoms with E-state index < -0.39 is 16.8 Å². The number of furan rings is 1. The summed E-state index contributed by atoms with van der Waals surface area (Å²) >= 11 is 0. The van der Waals surface area contributed by atoms with Crippen LogP contribution in [-0.2, 0) is 4.79 Å². The van der Waals surface area contributed by atoms with Gasteiger partial charge in [-0.3, -0.25) is 14.9 Å². The SMILES string of the molecule is COc1cc([N+](=O)[O-])ccc1-c1ccc(/C=C(\C#N)C(=O)Nc2ccc(C(=O)O)cc2)o1. The predicted molar refractivity (Wildman–Crippen MR) is 113 cm³/mol. The molecule has 2 aromatic carbocycles. The van der Waals surface area contributed by atoms with Crippen molar-refractivity contribution in [3.8, 4) is 23.1 Å². The molecule has 0 aliphatic carbocycles. The quantitative estimate of drug-likeness (QED) is 0.244. The highest BCUT2D eigenvalue weighted by molar-refractivity contribution is 6.09. The molecule has 0 saturated heterocycles. The average Bonchev–Trinajstić information content (AvgIpc) is 3.25. The van der Waals surface area contributed by atoms with Gasteiger partial charge in [0.2, 0.25) is 0 Å². The number of rotatable bonds is 7. The average molecular weight is 433 g/mol. The summed E-state index contributed by atoms with van der Waals surface area (Å²) in [5.74, 6) is -1.05. The summed E-state index contributed by atoms with van der Waals surface area (Å²) in [4.78, 5) is 33.7. The van der Waals surface area contributed by atoms with Crippen molar-refractivity contribution in [3.63, 3.8) is 0 Å². The van der Waals surface area contributed by atoms with Gasteiger partial charge in [0, 0.05) is 17.8 Å². The van der Waals surface area contributed by atoms with Crippen molar-refractivity contribution in [2.75, 3.05) is 12.4 Å². The predicted octanol–water partition coefficient (Wildman–Crippen LogP) is 4.11. The second kappa shape index (κ2) is 9.27. The Morgan fingerprint density at radius 2 is 1.91 bits per heavy atom. The number of methoxy groups -OCH3 is 1. The topological polar surface area (TPSA) is 156 Å². The Morgan fingerprint density at radius 3 is 2.50 bits per heavy atom. The lowest BCUT2D eigenvalue weighted by Gasteiger charge is -2.06. The molecule has 0 aliphatic heterocycles. The molecule has 1 amide bonds. The Balaban J connectivity index is 1.82. The fourth-order valence-corrected chi connectivity index (χ4v) is 2.76. The van der Waals surface area contributed by atoms with E-state index in [-0.39, 0.29) is 28.3 Å². The van der Waals surface area contributed by atoms with E-state index >= 15 is 0 Å². The summed E-state index contributed by atoms with van der Waals surface area (Å²) in [6, 6.07) is 14.4. The second-order valence-corrected chi connectivity index (χ2v) is 6.35. The van der Waals surface area contributed by atoms with Crippen LogP contribution in [0.4, 0.5) is 11.4 Å². The number of hydrogen-bond donors (Lipinski definition) is 2. The number of carboxylic acid groups (broad SMARTS) is 1. The molecule has 3 aromatic rings. The van der Waals surface area contributed by atoms with Gasteiger partial charge in [-0.2, -0.15) is 5.26 Å². The van der Waals surface area contributed by atoms with Gasteiger partial charge in [0.1, 0.15) is 28.9 Å². The first kappa shape index (κ1) is 21.8. The Morgan fingerprint density at radius 1 is 1.19 bits per heavy atom. The number of carboxylic acids is 1. The van der Waals surface area contributed by atoms with Crippen LogP contribution in [0.25, 0.3) is 17.4 Å². The van der Waals surface area contributed by atoms with Crippen LogP contribution in [0.2, 0.25) is 0 Å². The van der Waals surface area contributed by atoms with Gasteiger partial charge >= 0.3 is 5.97 Å². The molecule has 3 rings (SSSR count). The second-order valence-electron chi connectivity index (χ2n) is 6.35. The summed E-state index contributed by atoms with van der Waals surface area (Å²) in [6.07, 6.45) is 1.24. The first-order chi connectivity index (χ1) is 15.3. The minimum atomic E-state index is -1.10. The zero-order valence-corrected chi connectivity index (χ0v) is 16.6. The van der Waals surface area contributed by atoms with Gasteiger partial charge in [-0.1, -0.05) is 0 Å². The third-order valence-corrected chi connectivity index (χ3v) is 4.33. The van der Waals surface area contributed by atoms with Crippen LogP contribution in [0.1, 0.15) is 16.1 Å². The van der Waals surface area contributed by atoms with Gasteiger partial charge in [-0.25, -0.2) is 4.79 Å². The molecule has 0 radical (unpaired) electrons. The Labute approximate surface area is 181 Å². The summed E-state index contributed by atoms with van der Waals surface area (Å²) in [6.45, 7) is 0.